The average Bonchev–Trinajstić information content (AvgIpc) is 2.59. The summed E-state index contributed by atoms with van der Waals surface area (Å²) in [6, 6.07) is 5.97. The second-order valence-corrected chi connectivity index (χ2v) is 4.32. The molecule has 1 N–H and O–H groups in total. The van der Waals surface area contributed by atoms with Gasteiger partial charge in [0.15, 0.2) is 0 Å². The van der Waals surface area contributed by atoms with Crippen LogP contribution in [0.5, 0.6) is 0 Å². The van der Waals surface area contributed by atoms with E-state index in [4.69, 9.17) is 0 Å². The van der Waals surface area contributed by atoms with Crippen LogP contribution in [0.3, 0.4) is 0 Å². The van der Waals surface area contributed by atoms with Gasteiger partial charge in [0.25, 0.3) is 6.47 Å². The van der Waals surface area contributed by atoms with Crippen LogP contribution in [0.1, 0.15) is 12.5 Å². The standard InChI is InChI=1S/C8H6INO.C3H6O2/c9-6-1-2-7-5(3-6)4-8(11)10-7;1-2-5-3-4/h1-3H,4H2,(H,10,11);3H,2H2,1H3. The third-order valence-corrected chi connectivity index (χ3v) is 2.60. The van der Waals surface area contributed by atoms with E-state index in [-0.39, 0.29) is 5.91 Å². The molecule has 5 heteroatoms. The number of carbonyl (C=O) groups is 2. The maximum atomic E-state index is 10.9. The van der Waals surface area contributed by atoms with Crippen molar-refractivity contribution in [1.82, 2.24) is 0 Å². The van der Waals surface area contributed by atoms with Crippen molar-refractivity contribution in [2.24, 2.45) is 0 Å². The average molecular weight is 333 g/mol. The summed E-state index contributed by atoms with van der Waals surface area (Å²) in [6.45, 7) is 2.66. The molecule has 0 aromatic heterocycles. The van der Waals surface area contributed by atoms with Crippen molar-refractivity contribution < 1.29 is 14.3 Å². The van der Waals surface area contributed by atoms with Crippen molar-refractivity contribution in [2.45, 2.75) is 13.3 Å². The van der Waals surface area contributed by atoms with E-state index in [1.807, 2.05) is 18.2 Å². The van der Waals surface area contributed by atoms with Crippen molar-refractivity contribution >= 4 is 40.7 Å². The number of rotatable bonds is 2. The zero-order valence-electron chi connectivity index (χ0n) is 8.83. The molecular weight excluding hydrogens is 321 g/mol. The molecule has 0 spiro atoms. The van der Waals surface area contributed by atoms with E-state index in [1.54, 1.807) is 6.92 Å². The molecule has 0 saturated heterocycles. The maximum absolute atomic E-state index is 10.9. The molecule has 1 heterocycles. The lowest BCUT2D eigenvalue weighted by molar-refractivity contribution is -0.128. The first kappa shape index (κ1) is 13.0. The molecule has 86 valence electrons. The first-order valence-electron chi connectivity index (χ1n) is 4.81. The maximum Gasteiger partial charge on any atom is 0.293 e. The molecule has 1 aliphatic heterocycles. The van der Waals surface area contributed by atoms with Gasteiger partial charge in [0.1, 0.15) is 0 Å². The Labute approximate surface area is 108 Å². The minimum Gasteiger partial charge on any atom is -0.468 e. The quantitative estimate of drug-likeness (QED) is 0.665. The second kappa shape index (κ2) is 6.47. The fraction of sp³-hybridized carbons (Fsp3) is 0.273. The molecule has 1 aromatic rings. The Kier molecular flexibility index (Phi) is 5.24. The molecule has 0 bridgehead atoms. The van der Waals surface area contributed by atoms with Crippen LogP contribution >= 0.6 is 22.6 Å². The molecule has 0 fully saturated rings. The summed E-state index contributed by atoms with van der Waals surface area (Å²) in [6.07, 6.45) is 0.534. The molecule has 1 aromatic carbocycles. The van der Waals surface area contributed by atoms with Crippen LogP contribution in [0.15, 0.2) is 18.2 Å². The Morgan fingerprint density at radius 3 is 2.88 bits per heavy atom. The fourth-order valence-electron chi connectivity index (χ4n) is 1.27. The van der Waals surface area contributed by atoms with Gasteiger partial charge in [-0.15, -0.1) is 0 Å². The highest BCUT2D eigenvalue weighted by Crippen LogP contribution is 2.24. The van der Waals surface area contributed by atoms with Crippen LogP contribution < -0.4 is 5.32 Å². The summed E-state index contributed by atoms with van der Waals surface area (Å²) in [4.78, 5) is 20.1. The van der Waals surface area contributed by atoms with Gasteiger partial charge in [0.05, 0.1) is 13.0 Å². The van der Waals surface area contributed by atoms with Crippen LogP contribution in [0.25, 0.3) is 0 Å². The Balaban J connectivity index is 0.000000221. The number of ether oxygens (including phenoxy) is 1. The lowest BCUT2D eigenvalue weighted by Gasteiger charge is -1.96. The molecule has 0 radical (unpaired) electrons. The van der Waals surface area contributed by atoms with E-state index >= 15 is 0 Å². The Hall–Kier alpha value is -1.11. The molecule has 1 amide bonds. The highest BCUT2D eigenvalue weighted by atomic mass is 127. The Morgan fingerprint density at radius 2 is 2.31 bits per heavy atom. The molecule has 0 atom stereocenters. The lowest BCUT2D eigenvalue weighted by Crippen LogP contribution is -2.03. The largest absolute Gasteiger partial charge is 0.468 e. The summed E-state index contributed by atoms with van der Waals surface area (Å²) in [5, 5.41) is 2.78. The summed E-state index contributed by atoms with van der Waals surface area (Å²) < 4.78 is 5.33. The van der Waals surface area contributed by atoms with Crippen LogP contribution in [-0.4, -0.2) is 19.0 Å². The SMILES string of the molecule is CCOC=O.O=C1Cc2cc(I)ccc2N1. The van der Waals surface area contributed by atoms with Crippen LogP contribution in [0, 0.1) is 3.57 Å². The van der Waals surface area contributed by atoms with E-state index in [2.05, 4.69) is 32.6 Å². The number of carbonyl (C=O) groups excluding carboxylic acids is 2. The van der Waals surface area contributed by atoms with Gasteiger partial charge in [-0.3, -0.25) is 9.59 Å². The summed E-state index contributed by atoms with van der Waals surface area (Å²) in [7, 11) is 0. The minimum atomic E-state index is 0.0991. The van der Waals surface area contributed by atoms with Gasteiger partial charge in [0, 0.05) is 9.26 Å². The fourth-order valence-corrected chi connectivity index (χ4v) is 1.82. The molecule has 0 aliphatic carbocycles. The summed E-state index contributed by atoms with van der Waals surface area (Å²) in [5.41, 5.74) is 2.08. The number of hydrogen-bond acceptors (Lipinski definition) is 3. The third kappa shape index (κ3) is 3.80. The van der Waals surface area contributed by atoms with Crippen molar-refractivity contribution in [3.63, 3.8) is 0 Å². The van der Waals surface area contributed by atoms with Crippen molar-refractivity contribution in [3.8, 4) is 0 Å². The molecule has 0 saturated carbocycles. The Bertz CT molecular complexity index is 393. The predicted octanol–water partition coefficient (Wildman–Crippen LogP) is 1.97. The van der Waals surface area contributed by atoms with Gasteiger partial charge < -0.3 is 10.1 Å². The van der Waals surface area contributed by atoms with E-state index in [1.165, 1.54) is 3.57 Å². The zero-order chi connectivity index (χ0) is 12.0. The smallest absolute Gasteiger partial charge is 0.293 e. The number of hydrogen-bond donors (Lipinski definition) is 1. The second-order valence-electron chi connectivity index (χ2n) is 3.08. The van der Waals surface area contributed by atoms with E-state index in [0.29, 0.717) is 19.5 Å². The number of nitrogens with one attached hydrogen (secondary N) is 1. The van der Waals surface area contributed by atoms with Gasteiger partial charge in [0.2, 0.25) is 5.91 Å². The topological polar surface area (TPSA) is 55.4 Å². The van der Waals surface area contributed by atoms with E-state index < -0.39 is 0 Å². The number of fused-ring (bicyclic) bond motifs is 1. The van der Waals surface area contributed by atoms with Crippen molar-refractivity contribution in [1.29, 1.82) is 0 Å². The lowest BCUT2D eigenvalue weighted by atomic mass is 10.2. The third-order valence-electron chi connectivity index (χ3n) is 1.93. The number of halogens is 1. The molecule has 0 unspecified atom stereocenters. The monoisotopic (exact) mass is 333 g/mol. The highest BCUT2D eigenvalue weighted by molar-refractivity contribution is 14.1. The van der Waals surface area contributed by atoms with Crippen LogP contribution in [0.4, 0.5) is 5.69 Å². The van der Waals surface area contributed by atoms with Gasteiger partial charge in [-0.2, -0.15) is 0 Å². The van der Waals surface area contributed by atoms with Gasteiger partial charge in [-0.25, -0.2) is 0 Å². The first-order chi connectivity index (χ1) is 7.67. The van der Waals surface area contributed by atoms with Crippen LogP contribution in [-0.2, 0) is 20.7 Å². The van der Waals surface area contributed by atoms with Gasteiger partial charge in [-0.1, -0.05) is 0 Å². The normalized spacial score (nSPS) is 12.0. The van der Waals surface area contributed by atoms with Gasteiger partial charge >= 0.3 is 0 Å². The van der Waals surface area contributed by atoms with E-state index in [0.717, 1.165) is 11.3 Å². The van der Waals surface area contributed by atoms with Gasteiger partial charge in [-0.05, 0) is 53.3 Å². The molecule has 2 rings (SSSR count). The Morgan fingerprint density at radius 1 is 1.56 bits per heavy atom. The summed E-state index contributed by atoms with van der Waals surface area (Å²) in [5.74, 6) is 0.0991. The zero-order valence-corrected chi connectivity index (χ0v) is 11.0. The number of amides is 1. The van der Waals surface area contributed by atoms with Crippen molar-refractivity contribution in [2.75, 3.05) is 11.9 Å². The summed E-state index contributed by atoms with van der Waals surface area (Å²) >= 11 is 2.24. The first-order valence-corrected chi connectivity index (χ1v) is 5.88. The molecule has 16 heavy (non-hydrogen) atoms. The predicted molar refractivity (Wildman–Crippen MR) is 69.2 cm³/mol. The molecule has 1 aliphatic rings. The highest BCUT2D eigenvalue weighted by Gasteiger charge is 2.16. The number of benzene rings is 1. The molecule has 4 nitrogen and oxygen atoms in total. The number of anilines is 1. The van der Waals surface area contributed by atoms with E-state index in [9.17, 15) is 9.59 Å². The minimum absolute atomic E-state index is 0.0991. The van der Waals surface area contributed by atoms with Crippen molar-refractivity contribution in [3.05, 3.63) is 27.3 Å². The van der Waals surface area contributed by atoms with Crippen LogP contribution in [0.2, 0.25) is 0 Å². The molecular formula is C11H12INO3.